The van der Waals surface area contributed by atoms with E-state index in [1.165, 1.54) is 17.8 Å². The lowest BCUT2D eigenvalue weighted by atomic mass is 10.1. The maximum atomic E-state index is 11.6. The van der Waals surface area contributed by atoms with E-state index in [0.717, 1.165) is 15.5 Å². The first-order valence-corrected chi connectivity index (χ1v) is 8.17. The highest BCUT2D eigenvalue weighted by Gasteiger charge is 2.28. The molecule has 0 radical (unpaired) electrons. The molecule has 82 valence electrons. The molecule has 0 spiro atoms. The number of halogens is 1. The number of fused-ring (bicyclic) bond motifs is 1. The summed E-state index contributed by atoms with van der Waals surface area (Å²) in [5.41, 5.74) is 0.502. The van der Waals surface area contributed by atoms with E-state index in [9.17, 15) is 13.2 Å². The van der Waals surface area contributed by atoms with Gasteiger partial charge in [-0.05, 0) is 6.07 Å². The Hall–Kier alpha value is -0.0400. The van der Waals surface area contributed by atoms with Crippen molar-refractivity contribution in [2.24, 2.45) is 0 Å². The van der Waals surface area contributed by atoms with Crippen LogP contribution < -0.4 is 0 Å². The molecule has 15 heavy (non-hydrogen) atoms. The number of hydrogen-bond donors (Lipinski definition) is 0. The minimum atomic E-state index is -3.71. The van der Waals surface area contributed by atoms with E-state index in [-0.39, 0.29) is 15.2 Å². The van der Waals surface area contributed by atoms with Crippen molar-refractivity contribution in [3.05, 3.63) is 11.6 Å². The average molecular weight is 283 g/mol. The summed E-state index contributed by atoms with van der Waals surface area (Å²) in [5.74, 6) is -0.000864. The summed E-state index contributed by atoms with van der Waals surface area (Å²) in [5, 5.41) is 0.203. The maximum absolute atomic E-state index is 11.6. The number of carbonyl (C=O) groups excluding carboxylic acids is 1. The van der Waals surface area contributed by atoms with Crippen LogP contribution in [-0.4, -0.2) is 19.5 Å². The van der Waals surface area contributed by atoms with Gasteiger partial charge >= 0.3 is 0 Å². The van der Waals surface area contributed by atoms with Gasteiger partial charge in [-0.3, -0.25) is 4.79 Å². The Morgan fingerprint density at radius 3 is 2.80 bits per heavy atom. The predicted molar refractivity (Wildman–Crippen MR) is 61.6 cm³/mol. The quantitative estimate of drug-likeness (QED) is 0.743. The fourth-order valence-electron chi connectivity index (χ4n) is 1.35. The van der Waals surface area contributed by atoms with Crippen LogP contribution in [0.3, 0.4) is 0 Å². The highest BCUT2D eigenvalue weighted by Crippen LogP contribution is 2.42. The Balaban J connectivity index is 2.53. The van der Waals surface area contributed by atoms with E-state index < -0.39 is 9.05 Å². The molecule has 1 atom stereocenters. The zero-order valence-corrected chi connectivity index (χ0v) is 10.9. The summed E-state index contributed by atoms with van der Waals surface area (Å²) >= 11 is 2.60. The van der Waals surface area contributed by atoms with Crippen LogP contribution in [0.5, 0.6) is 0 Å². The predicted octanol–water partition coefficient (Wildman–Crippen LogP) is 2.74. The van der Waals surface area contributed by atoms with Crippen molar-refractivity contribution >= 4 is 48.6 Å². The Kier molecular flexibility index (Phi) is 2.87. The van der Waals surface area contributed by atoms with Gasteiger partial charge in [0.1, 0.15) is 4.21 Å². The summed E-state index contributed by atoms with van der Waals surface area (Å²) in [6, 6.07) is 1.38. The molecular formula is C8H7ClO3S3. The number of rotatable bonds is 1. The average Bonchev–Trinajstić information content (AvgIpc) is 2.46. The maximum Gasteiger partial charge on any atom is 0.270 e. The summed E-state index contributed by atoms with van der Waals surface area (Å²) in [6.45, 7) is 1.94. The summed E-state index contributed by atoms with van der Waals surface area (Å²) in [7, 11) is 1.51. The van der Waals surface area contributed by atoms with Crippen LogP contribution in [0.4, 0.5) is 0 Å². The van der Waals surface area contributed by atoms with Crippen molar-refractivity contribution in [2.45, 2.75) is 27.0 Å². The Morgan fingerprint density at radius 1 is 1.53 bits per heavy atom. The molecule has 1 aromatic heterocycles. The SMILES string of the molecule is C[C@H]1CC(=O)c2cc(S(=O)(=O)Cl)sc2S1. The molecule has 0 amide bonds. The van der Waals surface area contributed by atoms with Crippen LogP contribution in [0.15, 0.2) is 14.5 Å². The van der Waals surface area contributed by atoms with E-state index in [0.29, 0.717) is 12.0 Å². The van der Waals surface area contributed by atoms with Gasteiger partial charge in [0.15, 0.2) is 5.78 Å². The molecule has 2 rings (SSSR count). The molecule has 0 bridgehead atoms. The Morgan fingerprint density at radius 2 is 2.20 bits per heavy atom. The smallest absolute Gasteiger partial charge is 0.270 e. The second-order valence-electron chi connectivity index (χ2n) is 3.26. The molecule has 2 heterocycles. The highest BCUT2D eigenvalue weighted by molar-refractivity contribution is 8.15. The molecule has 0 N–H and O–H groups in total. The van der Waals surface area contributed by atoms with Gasteiger partial charge in [0.2, 0.25) is 0 Å². The van der Waals surface area contributed by atoms with Gasteiger partial charge in [-0.1, -0.05) is 6.92 Å². The first-order valence-electron chi connectivity index (χ1n) is 4.16. The minimum absolute atomic E-state index is 0.000864. The van der Waals surface area contributed by atoms with Crippen LogP contribution in [0, 0.1) is 0 Å². The normalized spacial score (nSPS) is 21.5. The molecule has 3 nitrogen and oxygen atoms in total. The number of thiophene rings is 1. The van der Waals surface area contributed by atoms with Crippen LogP contribution in [0.1, 0.15) is 23.7 Å². The number of hydrogen-bond acceptors (Lipinski definition) is 5. The van der Waals surface area contributed by atoms with Gasteiger partial charge in [0, 0.05) is 27.9 Å². The summed E-state index contributed by atoms with van der Waals surface area (Å²) in [4.78, 5) is 11.6. The number of Topliss-reactive ketones (excluding diaryl/α,β-unsaturated/α-hetero) is 1. The van der Waals surface area contributed by atoms with Crippen molar-refractivity contribution in [1.82, 2.24) is 0 Å². The van der Waals surface area contributed by atoms with E-state index in [1.54, 1.807) is 0 Å². The van der Waals surface area contributed by atoms with E-state index in [2.05, 4.69) is 0 Å². The molecule has 1 aliphatic rings. The highest BCUT2D eigenvalue weighted by atomic mass is 35.7. The molecule has 0 unspecified atom stereocenters. The van der Waals surface area contributed by atoms with E-state index in [1.807, 2.05) is 6.92 Å². The van der Waals surface area contributed by atoms with Crippen molar-refractivity contribution in [1.29, 1.82) is 0 Å². The minimum Gasteiger partial charge on any atom is -0.294 e. The third-order valence-corrected chi connectivity index (χ3v) is 6.54. The molecule has 0 fully saturated rings. The van der Waals surface area contributed by atoms with Gasteiger partial charge in [-0.2, -0.15) is 0 Å². The second kappa shape index (κ2) is 3.76. The molecule has 1 aromatic rings. The summed E-state index contributed by atoms with van der Waals surface area (Å²) in [6.07, 6.45) is 0.455. The molecule has 7 heteroatoms. The first kappa shape index (κ1) is 11.4. The van der Waals surface area contributed by atoms with E-state index in [4.69, 9.17) is 10.7 Å². The van der Waals surface area contributed by atoms with Gasteiger partial charge in [0.25, 0.3) is 9.05 Å². The number of carbonyl (C=O) groups is 1. The monoisotopic (exact) mass is 282 g/mol. The number of thioether (sulfide) groups is 1. The lowest BCUT2D eigenvalue weighted by molar-refractivity contribution is 0.0979. The third-order valence-electron chi connectivity index (χ3n) is 2.00. The molecule has 0 aliphatic carbocycles. The molecule has 0 aromatic carbocycles. The van der Waals surface area contributed by atoms with Crippen molar-refractivity contribution in [3.8, 4) is 0 Å². The molecular weight excluding hydrogens is 276 g/mol. The van der Waals surface area contributed by atoms with Crippen molar-refractivity contribution in [3.63, 3.8) is 0 Å². The Bertz CT molecular complexity index is 517. The zero-order valence-electron chi connectivity index (χ0n) is 7.69. The van der Waals surface area contributed by atoms with Crippen LogP contribution >= 0.6 is 33.8 Å². The van der Waals surface area contributed by atoms with E-state index >= 15 is 0 Å². The lowest BCUT2D eigenvalue weighted by Gasteiger charge is -2.15. The largest absolute Gasteiger partial charge is 0.294 e. The van der Waals surface area contributed by atoms with Crippen molar-refractivity contribution in [2.75, 3.05) is 0 Å². The molecule has 1 aliphatic heterocycles. The van der Waals surface area contributed by atoms with Crippen LogP contribution in [0.25, 0.3) is 0 Å². The first-order chi connectivity index (χ1) is 6.88. The topological polar surface area (TPSA) is 51.2 Å². The molecule has 0 saturated heterocycles. The van der Waals surface area contributed by atoms with Gasteiger partial charge in [-0.15, -0.1) is 23.1 Å². The standard InChI is InChI=1S/C8H7ClO3S3/c1-4-2-6(10)5-3-7(15(9,11)12)14-8(5)13-4/h3-4H,2H2,1H3/t4-/m0/s1. The van der Waals surface area contributed by atoms with Gasteiger partial charge < -0.3 is 0 Å². The third kappa shape index (κ3) is 2.22. The van der Waals surface area contributed by atoms with Crippen LogP contribution in [-0.2, 0) is 9.05 Å². The van der Waals surface area contributed by atoms with Gasteiger partial charge in [0.05, 0.1) is 4.21 Å². The fourth-order valence-corrected chi connectivity index (χ4v) is 5.33. The summed E-state index contributed by atoms with van der Waals surface area (Å²) < 4.78 is 23.0. The van der Waals surface area contributed by atoms with Crippen molar-refractivity contribution < 1.29 is 13.2 Å². The van der Waals surface area contributed by atoms with Crippen LogP contribution in [0.2, 0.25) is 0 Å². The second-order valence-corrected chi connectivity index (χ2v) is 8.81. The molecule has 0 saturated carbocycles. The number of ketones is 1. The fraction of sp³-hybridized carbons (Fsp3) is 0.375. The zero-order chi connectivity index (χ0) is 11.2. The van der Waals surface area contributed by atoms with Gasteiger partial charge in [-0.25, -0.2) is 8.42 Å². The lowest BCUT2D eigenvalue weighted by Crippen LogP contribution is -2.12. The Labute approximate surface area is 100 Å².